The molecule has 0 amide bonds. The molecule has 3 rings (SSSR count). The van der Waals surface area contributed by atoms with Crippen molar-refractivity contribution in [2.24, 2.45) is 0 Å². The van der Waals surface area contributed by atoms with Crippen molar-refractivity contribution in [2.75, 3.05) is 0 Å². The number of carbonyl (C=O) groups is 1. The van der Waals surface area contributed by atoms with Gasteiger partial charge in [0.05, 0.1) is 10.5 Å². The van der Waals surface area contributed by atoms with Crippen molar-refractivity contribution < 1.29 is 29.0 Å². The minimum Gasteiger partial charge on any atom is -0.453 e. The second-order valence-corrected chi connectivity index (χ2v) is 4.45. The van der Waals surface area contributed by atoms with E-state index in [1.807, 2.05) is 0 Å². The summed E-state index contributed by atoms with van der Waals surface area (Å²) in [5.41, 5.74) is 0.148. The largest absolute Gasteiger partial charge is 0.453 e. The van der Waals surface area contributed by atoms with Crippen molar-refractivity contribution in [3.05, 3.63) is 39.9 Å². The minimum absolute atomic E-state index is 0.0853. The third kappa shape index (κ3) is 2.48. The maximum atomic E-state index is 11.9. The summed E-state index contributed by atoms with van der Waals surface area (Å²) in [5, 5.41) is 10.5. The number of hydrogen-bond acceptors (Lipinski definition) is 7. The third-order valence-corrected chi connectivity index (χ3v) is 3.11. The molecule has 2 heterocycles. The van der Waals surface area contributed by atoms with Gasteiger partial charge in [0.2, 0.25) is 6.29 Å². The van der Waals surface area contributed by atoms with Gasteiger partial charge >= 0.3 is 5.97 Å². The fraction of sp³-hybridized carbons (Fsp3) is 0.417. The van der Waals surface area contributed by atoms with Gasteiger partial charge in [0, 0.05) is 18.6 Å². The highest BCUT2D eigenvalue weighted by atomic mass is 17.3. The predicted molar refractivity (Wildman–Crippen MR) is 62.4 cm³/mol. The fourth-order valence-corrected chi connectivity index (χ4v) is 2.05. The summed E-state index contributed by atoms with van der Waals surface area (Å²) < 4.78 is 10.6. The molecular formula is C12H11NO7. The molecule has 1 aromatic carbocycles. The quantitative estimate of drug-likeness (QED) is 0.359. The molecule has 0 radical (unpaired) electrons. The van der Waals surface area contributed by atoms with E-state index in [-0.39, 0.29) is 11.3 Å². The molecule has 8 heteroatoms. The van der Waals surface area contributed by atoms with Gasteiger partial charge < -0.3 is 9.47 Å². The molecule has 106 valence electrons. The number of nitrogens with zero attached hydrogens (tertiary/aromatic N) is 1. The van der Waals surface area contributed by atoms with Gasteiger partial charge in [-0.1, -0.05) is 0 Å². The monoisotopic (exact) mass is 281 g/mol. The molecule has 3 atom stereocenters. The van der Waals surface area contributed by atoms with Crippen LogP contribution in [0, 0.1) is 10.1 Å². The lowest BCUT2D eigenvalue weighted by Crippen LogP contribution is -2.36. The number of benzene rings is 1. The lowest BCUT2D eigenvalue weighted by Gasteiger charge is -2.24. The predicted octanol–water partition coefficient (Wildman–Crippen LogP) is 1.54. The number of nitro groups is 1. The number of rotatable bonds is 3. The Balaban J connectivity index is 1.65. The number of non-ortho nitro benzene ring substituents is 1. The summed E-state index contributed by atoms with van der Waals surface area (Å²) in [4.78, 5) is 31.7. The highest BCUT2D eigenvalue weighted by Crippen LogP contribution is 2.30. The zero-order valence-electron chi connectivity index (χ0n) is 10.3. The second kappa shape index (κ2) is 5.16. The van der Waals surface area contributed by atoms with Crippen LogP contribution in [0.5, 0.6) is 0 Å². The van der Waals surface area contributed by atoms with Crippen LogP contribution in [-0.2, 0) is 19.2 Å². The molecule has 0 aliphatic carbocycles. The Labute approximate surface area is 113 Å². The first-order chi connectivity index (χ1) is 9.63. The van der Waals surface area contributed by atoms with Crippen LogP contribution in [0.1, 0.15) is 23.2 Å². The van der Waals surface area contributed by atoms with Gasteiger partial charge in [-0.2, -0.15) is 4.89 Å². The SMILES string of the molecule is O=C(O[C@@H]1CC[C@H]2OO[C@@H]1O2)c1ccc([N+](=O)[O-])cc1. The smallest absolute Gasteiger partial charge is 0.338 e. The number of esters is 1. The van der Waals surface area contributed by atoms with Crippen LogP contribution in [0.2, 0.25) is 0 Å². The summed E-state index contributed by atoms with van der Waals surface area (Å²) >= 11 is 0. The van der Waals surface area contributed by atoms with Crippen LogP contribution in [0.15, 0.2) is 24.3 Å². The number of ether oxygens (including phenoxy) is 2. The van der Waals surface area contributed by atoms with Gasteiger partial charge in [-0.15, -0.1) is 0 Å². The van der Waals surface area contributed by atoms with E-state index >= 15 is 0 Å². The van der Waals surface area contributed by atoms with Gasteiger partial charge in [0.1, 0.15) is 0 Å². The molecule has 0 unspecified atom stereocenters. The van der Waals surface area contributed by atoms with Crippen LogP contribution in [0.4, 0.5) is 5.69 Å². The van der Waals surface area contributed by atoms with E-state index in [2.05, 4.69) is 0 Å². The Morgan fingerprint density at radius 2 is 2.00 bits per heavy atom. The average molecular weight is 281 g/mol. The van der Waals surface area contributed by atoms with Gasteiger partial charge in [-0.05, 0) is 18.6 Å². The molecule has 2 aliphatic heterocycles. The number of nitro benzene ring substituents is 1. The van der Waals surface area contributed by atoms with Crippen molar-refractivity contribution in [1.82, 2.24) is 0 Å². The van der Waals surface area contributed by atoms with Crippen LogP contribution in [-0.4, -0.2) is 29.6 Å². The lowest BCUT2D eigenvalue weighted by molar-refractivity contribution is -0.384. The summed E-state index contributed by atoms with van der Waals surface area (Å²) in [7, 11) is 0. The second-order valence-electron chi connectivity index (χ2n) is 4.45. The highest BCUT2D eigenvalue weighted by molar-refractivity contribution is 5.89. The third-order valence-electron chi connectivity index (χ3n) is 3.11. The van der Waals surface area contributed by atoms with E-state index in [0.717, 1.165) is 0 Å². The topological polar surface area (TPSA) is 97.1 Å². The molecule has 2 saturated heterocycles. The number of fused-ring (bicyclic) bond motifs is 2. The van der Waals surface area contributed by atoms with Crippen LogP contribution < -0.4 is 0 Å². The molecule has 1 aromatic rings. The molecular weight excluding hydrogens is 270 g/mol. The van der Waals surface area contributed by atoms with Crippen LogP contribution >= 0.6 is 0 Å². The minimum atomic E-state index is -0.712. The Hall–Kier alpha value is -2.03. The summed E-state index contributed by atoms with van der Waals surface area (Å²) in [5.74, 6) is -0.581. The van der Waals surface area contributed by atoms with E-state index in [0.29, 0.717) is 12.8 Å². The van der Waals surface area contributed by atoms with E-state index < -0.39 is 29.6 Å². The Morgan fingerprint density at radius 3 is 2.70 bits per heavy atom. The fourth-order valence-electron chi connectivity index (χ4n) is 2.05. The van der Waals surface area contributed by atoms with Crippen molar-refractivity contribution in [3.63, 3.8) is 0 Å². The zero-order chi connectivity index (χ0) is 14.1. The molecule has 0 spiro atoms. The van der Waals surface area contributed by atoms with Crippen molar-refractivity contribution in [2.45, 2.75) is 31.5 Å². The average Bonchev–Trinajstić information content (AvgIpc) is 2.85. The summed E-state index contributed by atoms with van der Waals surface area (Å²) in [6, 6.07) is 5.19. The zero-order valence-corrected chi connectivity index (χ0v) is 10.3. The van der Waals surface area contributed by atoms with Crippen molar-refractivity contribution >= 4 is 11.7 Å². The van der Waals surface area contributed by atoms with Gasteiger partial charge in [-0.3, -0.25) is 10.1 Å². The maximum Gasteiger partial charge on any atom is 0.338 e. The van der Waals surface area contributed by atoms with E-state index in [9.17, 15) is 14.9 Å². The molecule has 2 aliphatic rings. The Bertz CT molecular complexity index is 529. The summed E-state index contributed by atoms with van der Waals surface area (Å²) in [6.45, 7) is 0. The Morgan fingerprint density at radius 1 is 1.25 bits per heavy atom. The lowest BCUT2D eigenvalue weighted by atomic mass is 10.1. The van der Waals surface area contributed by atoms with Crippen molar-refractivity contribution in [1.29, 1.82) is 0 Å². The molecule has 0 N–H and O–H groups in total. The number of hydrogen-bond donors (Lipinski definition) is 0. The first-order valence-electron chi connectivity index (χ1n) is 6.06. The standard InChI is InChI=1S/C12H11NO7/c14-11(7-1-3-8(4-2-7)13(15)16)17-9-5-6-10-18-12(9)20-19-10/h1-4,9-10,12H,5-6H2/t9-,10-,12+/m1/s1. The molecule has 8 nitrogen and oxygen atoms in total. The van der Waals surface area contributed by atoms with E-state index in [1.165, 1.54) is 24.3 Å². The normalized spacial score (nSPS) is 28.1. The molecule has 2 bridgehead atoms. The molecule has 0 saturated carbocycles. The summed E-state index contributed by atoms with van der Waals surface area (Å²) in [6.07, 6.45) is -0.496. The maximum absolute atomic E-state index is 11.9. The van der Waals surface area contributed by atoms with Gasteiger partial charge in [0.15, 0.2) is 12.4 Å². The first-order valence-corrected chi connectivity index (χ1v) is 6.06. The van der Waals surface area contributed by atoms with E-state index in [4.69, 9.17) is 19.2 Å². The molecule has 20 heavy (non-hydrogen) atoms. The van der Waals surface area contributed by atoms with E-state index in [1.54, 1.807) is 0 Å². The van der Waals surface area contributed by atoms with Crippen LogP contribution in [0.25, 0.3) is 0 Å². The molecule has 2 fully saturated rings. The van der Waals surface area contributed by atoms with Gasteiger partial charge in [0.25, 0.3) is 5.69 Å². The van der Waals surface area contributed by atoms with Crippen molar-refractivity contribution in [3.8, 4) is 0 Å². The number of carbonyl (C=O) groups excluding carboxylic acids is 1. The van der Waals surface area contributed by atoms with Crippen LogP contribution in [0.3, 0.4) is 0 Å². The Kier molecular flexibility index (Phi) is 3.35. The highest BCUT2D eigenvalue weighted by Gasteiger charge is 2.42. The molecule has 0 aromatic heterocycles. The first kappa shape index (κ1) is 13.0. The van der Waals surface area contributed by atoms with Gasteiger partial charge in [-0.25, -0.2) is 9.68 Å².